The number of halogens is 2. The van der Waals surface area contributed by atoms with E-state index >= 15 is 0 Å². The number of nitrogens with one attached hydrogen (secondary N) is 1. The lowest BCUT2D eigenvalue weighted by Gasteiger charge is -2.34. The summed E-state index contributed by atoms with van der Waals surface area (Å²) in [6.45, 7) is 7.36. The Balaban J connectivity index is 1.83. The molecule has 2 unspecified atom stereocenters. The number of benzene rings is 4. The average Bonchev–Trinajstić information content (AvgIpc) is 3.06. The Morgan fingerprint density at radius 1 is 0.830 bits per heavy atom. The third kappa shape index (κ3) is 9.37. The first-order chi connectivity index (χ1) is 22.4. The Morgan fingerprint density at radius 3 is 2.02 bits per heavy atom. The van der Waals surface area contributed by atoms with Crippen LogP contribution in [0.2, 0.25) is 10.0 Å². The molecule has 248 valence electrons. The molecule has 4 aromatic rings. The average molecular weight is 695 g/mol. The second-order valence-corrected chi connectivity index (χ2v) is 14.6. The highest BCUT2D eigenvalue weighted by Crippen LogP contribution is 2.28. The van der Waals surface area contributed by atoms with Gasteiger partial charge in [0.15, 0.2) is 0 Å². The number of amides is 2. The highest BCUT2D eigenvalue weighted by molar-refractivity contribution is 7.92. The molecule has 0 aliphatic heterocycles. The van der Waals surface area contributed by atoms with Crippen LogP contribution in [0.15, 0.2) is 108 Å². The van der Waals surface area contributed by atoms with Gasteiger partial charge in [-0.3, -0.25) is 13.9 Å². The predicted octanol–water partition coefficient (Wildman–Crippen LogP) is 7.87. The van der Waals surface area contributed by atoms with Crippen LogP contribution in [-0.2, 0) is 32.6 Å². The molecule has 2 atom stereocenters. The van der Waals surface area contributed by atoms with Gasteiger partial charge in [-0.2, -0.15) is 0 Å². The first-order valence-electron chi connectivity index (χ1n) is 15.7. The van der Waals surface area contributed by atoms with Gasteiger partial charge in [-0.1, -0.05) is 111 Å². The van der Waals surface area contributed by atoms with E-state index in [1.807, 2.05) is 70.2 Å². The number of rotatable bonds is 14. The molecule has 4 aromatic carbocycles. The normalized spacial score (nSPS) is 12.7. The molecule has 0 aliphatic rings. The molecule has 0 radical (unpaired) electrons. The van der Waals surface area contributed by atoms with Gasteiger partial charge in [0.25, 0.3) is 10.0 Å². The molecule has 0 aliphatic carbocycles. The van der Waals surface area contributed by atoms with Crippen LogP contribution in [0.1, 0.15) is 56.7 Å². The fourth-order valence-electron chi connectivity index (χ4n) is 5.10. The first-order valence-corrected chi connectivity index (χ1v) is 17.9. The summed E-state index contributed by atoms with van der Waals surface area (Å²) < 4.78 is 29.5. The number of carbonyl (C=O) groups excluding carboxylic acids is 2. The van der Waals surface area contributed by atoms with E-state index in [9.17, 15) is 18.0 Å². The Labute approximate surface area is 288 Å². The van der Waals surface area contributed by atoms with Gasteiger partial charge in [0, 0.05) is 29.1 Å². The number of nitrogens with zero attached hydrogens (tertiary/aromatic N) is 2. The van der Waals surface area contributed by atoms with Gasteiger partial charge in [-0.05, 0) is 72.4 Å². The van der Waals surface area contributed by atoms with E-state index in [1.54, 1.807) is 48.5 Å². The van der Waals surface area contributed by atoms with Crippen molar-refractivity contribution in [1.29, 1.82) is 0 Å². The van der Waals surface area contributed by atoms with Gasteiger partial charge >= 0.3 is 0 Å². The molecule has 0 bridgehead atoms. The molecule has 10 heteroatoms. The minimum atomic E-state index is -4.19. The zero-order valence-corrected chi connectivity index (χ0v) is 29.4. The Hall–Kier alpha value is -3.85. The van der Waals surface area contributed by atoms with Crippen molar-refractivity contribution in [3.05, 3.63) is 130 Å². The van der Waals surface area contributed by atoms with Crippen molar-refractivity contribution in [1.82, 2.24) is 10.2 Å². The molecule has 0 spiro atoms. The molecule has 47 heavy (non-hydrogen) atoms. The molecule has 0 saturated carbocycles. The first kappa shape index (κ1) is 36.0. The summed E-state index contributed by atoms with van der Waals surface area (Å²) in [6, 6.07) is 28.4. The van der Waals surface area contributed by atoms with Crippen molar-refractivity contribution in [2.75, 3.05) is 10.8 Å². The van der Waals surface area contributed by atoms with Crippen molar-refractivity contribution in [2.45, 2.75) is 70.0 Å². The zero-order chi connectivity index (χ0) is 34.1. The Morgan fingerprint density at radius 2 is 1.45 bits per heavy atom. The van der Waals surface area contributed by atoms with Crippen LogP contribution in [0.25, 0.3) is 0 Å². The van der Waals surface area contributed by atoms with Crippen molar-refractivity contribution in [2.24, 2.45) is 0 Å². The van der Waals surface area contributed by atoms with Crippen molar-refractivity contribution < 1.29 is 18.0 Å². The van der Waals surface area contributed by atoms with E-state index in [-0.39, 0.29) is 35.7 Å². The van der Waals surface area contributed by atoms with Gasteiger partial charge < -0.3 is 10.2 Å². The third-order valence-electron chi connectivity index (χ3n) is 8.09. The number of carbonyl (C=O) groups is 2. The van der Waals surface area contributed by atoms with Gasteiger partial charge in [-0.15, -0.1) is 0 Å². The molecule has 1 N–H and O–H groups in total. The molecular formula is C37H41Cl2N3O4S. The van der Waals surface area contributed by atoms with E-state index in [0.717, 1.165) is 15.4 Å². The second kappa shape index (κ2) is 16.3. The lowest BCUT2D eigenvalue weighted by molar-refractivity contribution is -0.140. The number of sulfonamides is 1. The number of hydrogen-bond acceptors (Lipinski definition) is 4. The monoisotopic (exact) mass is 693 g/mol. The molecule has 2 amide bonds. The van der Waals surface area contributed by atoms with Crippen LogP contribution >= 0.6 is 23.2 Å². The topological polar surface area (TPSA) is 86.8 Å². The van der Waals surface area contributed by atoms with Crippen LogP contribution in [-0.4, -0.2) is 43.8 Å². The summed E-state index contributed by atoms with van der Waals surface area (Å²) in [5.41, 5.74) is 2.77. The predicted molar refractivity (Wildman–Crippen MR) is 190 cm³/mol. The van der Waals surface area contributed by atoms with Crippen LogP contribution in [0.3, 0.4) is 0 Å². The maximum Gasteiger partial charge on any atom is 0.264 e. The van der Waals surface area contributed by atoms with Crippen LogP contribution in [0, 0.1) is 0 Å². The van der Waals surface area contributed by atoms with Gasteiger partial charge in [0.2, 0.25) is 11.8 Å². The Kier molecular flexibility index (Phi) is 12.5. The summed E-state index contributed by atoms with van der Waals surface area (Å²) >= 11 is 12.8. The second-order valence-electron chi connectivity index (χ2n) is 11.9. The van der Waals surface area contributed by atoms with Gasteiger partial charge in [0.05, 0.1) is 10.6 Å². The fourth-order valence-corrected chi connectivity index (χ4v) is 7.01. The molecular weight excluding hydrogens is 653 g/mol. The summed E-state index contributed by atoms with van der Waals surface area (Å²) in [4.78, 5) is 30.1. The summed E-state index contributed by atoms with van der Waals surface area (Å²) in [6.07, 6.45) is 0.894. The number of anilines is 1. The number of hydrogen-bond donors (Lipinski definition) is 1. The van der Waals surface area contributed by atoms with E-state index in [0.29, 0.717) is 27.7 Å². The largest absolute Gasteiger partial charge is 0.352 e. The van der Waals surface area contributed by atoms with Gasteiger partial charge in [0.1, 0.15) is 12.6 Å². The lowest BCUT2D eigenvalue weighted by Crippen LogP contribution is -2.54. The maximum absolute atomic E-state index is 14.6. The molecule has 0 saturated heterocycles. The van der Waals surface area contributed by atoms with Crippen molar-refractivity contribution in [3.8, 4) is 0 Å². The summed E-state index contributed by atoms with van der Waals surface area (Å²) in [5.74, 6) is -0.684. The zero-order valence-electron chi connectivity index (χ0n) is 27.1. The fraction of sp³-hybridized carbons (Fsp3) is 0.297. The van der Waals surface area contributed by atoms with Gasteiger partial charge in [-0.25, -0.2) is 8.42 Å². The molecule has 0 fully saturated rings. The molecule has 0 aromatic heterocycles. The minimum Gasteiger partial charge on any atom is -0.352 e. The highest BCUT2D eigenvalue weighted by atomic mass is 35.5. The van der Waals surface area contributed by atoms with Crippen molar-refractivity contribution in [3.63, 3.8) is 0 Å². The van der Waals surface area contributed by atoms with Crippen LogP contribution in [0.5, 0.6) is 0 Å². The highest BCUT2D eigenvalue weighted by Gasteiger charge is 2.35. The lowest BCUT2D eigenvalue weighted by atomic mass is 10.0. The molecule has 0 heterocycles. The minimum absolute atomic E-state index is 0.0448. The van der Waals surface area contributed by atoms with Crippen LogP contribution < -0.4 is 9.62 Å². The summed E-state index contributed by atoms with van der Waals surface area (Å²) in [5, 5.41) is 3.79. The Bertz CT molecular complexity index is 1750. The van der Waals surface area contributed by atoms with E-state index in [4.69, 9.17) is 23.2 Å². The smallest absolute Gasteiger partial charge is 0.264 e. The SMILES string of the molecule is CCC(C)NC(=O)C(Cc1ccccc1)N(Cc1ccc(Cl)cc1Cl)C(=O)CN(c1ccc(C(C)C)cc1)S(=O)(=O)c1ccccc1. The third-order valence-corrected chi connectivity index (χ3v) is 10.5. The standard InChI is InChI=1S/C37H41Cl2N3O4S/c1-5-27(4)40-37(44)35(22-28-12-8-6-9-13-28)41(24-30-16-19-31(38)23-34(30)39)36(43)25-42(32-20-17-29(18-21-32)26(2)3)47(45,46)33-14-10-7-11-15-33/h6-21,23,26-27,35H,5,22,24-25H2,1-4H3,(H,40,44). The van der Waals surface area contributed by atoms with E-state index in [1.165, 1.54) is 17.0 Å². The van der Waals surface area contributed by atoms with Crippen molar-refractivity contribution >= 4 is 50.7 Å². The summed E-state index contributed by atoms with van der Waals surface area (Å²) in [7, 11) is -4.19. The molecule has 7 nitrogen and oxygen atoms in total. The molecule has 4 rings (SSSR count). The van der Waals surface area contributed by atoms with E-state index < -0.39 is 28.5 Å². The van der Waals surface area contributed by atoms with Crippen LogP contribution in [0.4, 0.5) is 5.69 Å². The van der Waals surface area contributed by atoms with E-state index in [2.05, 4.69) is 5.32 Å². The maximum atomic E-state index is 14.6. The quantitative estimate of drug-likeness (QED) is 0.146.